The van der Waals surface area contributed by atoms with E-state index in [0.717, 1.165) is 32.1 Å². The van der Waals surface area contributed by atoms with E-state index >= 15 is 0 Å². The van der Waals surface area contributed by atoms with Crippen molar-refractivity contribution in [3.05, 3.63) is 23.8 Å². The van der Waals surface area contributed by atoms with E-state index in [-0.39, 0.29) is 5.91 Å². The number of nitrogens with zero attached hydrogens (tertiary/aromatic N) is 2. The third-order valence-electron chi connectivity index (χ3n) is 5.50. The van der Waals surface area contributed by atoms with E-state index in [9.17, 15) is 4.79 Å². The Morgan fingerprint density at radius 3 is 2.12 bits per heavy atom. The molecule has 1 amide bonds. The first-order valence-corrected chi connectivity index (χ1v) is 9.44. The van der Waals surface area contributed by atoms with Gasteiger partial charge in [-0.25, -0.2) is 0 Å². The molecular formula is C20H30N2O3. The molecular weight excluding hydrogens is 316 g/mol. The van der Waals surface area contributed by atoms with Gasteiger partial charge in [0, 0.05) is 44.4 Å². The van der Waals surface area contributed by atoms with Crippen molar-refractivity contribution in [2.75, 3.05) is 46.9 Å². The Bertz CT molecular complexity index is 554. The summed E-state index contributed by atoms with van der Waals surface area (Å²) in [5.74, 6) is 2.23. The number of rotatable bonds is 5. The summed E-state index contributed by atoms with van der Waals surface area (Å²) in [7, 11) is 3.21. The fourth-order valence-electron chi connectivity index (χ4n) is 3.98. The van der Waals surface area contributed by atoms with Crippen LogP contribution in [0.25, 0.3) is 0 Å². The summed E-state index contributed by atoms with van der Waals surface area (Å²) in [5.41, 5.74) is 0.636. The Balaban J connectivity index is 1.56. The van der Waals surface area contributed by atoms with Gasteiger partial charge in [0.25, 0.3) is 5.91 Å². The maximum absolute atomic E-state index is 12.8. The summed E-state index contributed by atoms with van der Waals surface area (Å²) in [4.78, 5) is 17.3. The number of hydrogen-bond acceptors (Lipinski definition) is 4. The van der Waals surface area contributed by atoms with Gasteiger partial charge in [-0.15, -0.1) is 0 Å². The molecule has 1 aromatic rings. The van der Waals surface area contributed by atoms with Crippen molar-refractivity contribution in [2.24, 2.45) is 5.92 Å². The van der Waals surface area contributed by atoms with Crippen LogP contribution in [0.2, 0.25) is 0 Å². The molecule has 25 heavy (non-hydrogen) atoms. The molecule has 1 saturated carbocycles. The van der Waals surface area contributed by atoms with Crippen molar-refractivity contribution in [3.8, 4) is 11.5 Å². The summed E-state index contributed by atoms with van der Waals surface area (Å²) >= 11 is 0. The van der Waals surface area contributed by atoms with Crippen LogP contribution < -0.4 is 9.47 Å². The van der Waals surface area contributed by atoms with Gasteiger partial charge < -0.3 is 14.4 Å². The lowest BCUT2D eigenvalue weighted by atomic mass is 9.89. The van der Waals surface area contributed by atoms with Crippen LogP contribution in [-0.4, -0.2) is 62.7 Å². The van der Waals surface area contributed by atoms with Crippen molar-refractivity contribution >= 4 is 5.91 Å². The van der Waals surface area contributed by atoms with E-state index in [4.69, 9.17) is 9.47 Å². The number of carbonyl (C=O) groups excluding carboxylic acids is 1. The quantitative estimate of drug-likeness (QED) is 0.822. The molecule has 1 saturated heterocycles. The first-order valence-electron chi connectivity index (χ1n) is 9.44. The van der Waals surface area contributed by atoms with Gasteiger partial charge in [-0.2, -0.15) is 0 Å². The van der Waals surface area contributed by atoms with Crippen LogP contribution in [0.1, 0.15) is 42.5 Å². The van der Waals surface area contributed by atoms with Gasteiger partial charge >= 0.3 is 0 Å². The molecule has 3 rings (SSSR count). The Labute approximate surface area is 150 Å². The Morgan fingerprint density at radius 1 is 0.960 bits per heavy atom. The zero-order chi connectivity index (χ0) is 17.6. The second kappa shape index (κ2) is 8.56. The van der Waals surface area contributed by atoms with Crippen LogP contribution in [0.4, 0.5) is 0 Å². The van der Waals surface area contributed by atoms with Crippen molar-refractivity contribution in [1.29, 1.82) is 0 Å². The highest BCUT2D eigenvalue weighted by Crippen LogP contribution is 2.26. The Kier molecular flexibility index (Phi) is 6.19. The fourth-order valence-corrected chi connectivity index (χ4v) is 3.98. The van der Waals surface area contributed by atoms with Gasteiger partial charge in [0.1, 0.15) is 11.5 Å². The fraction of sp³-hybridized carbons (Fsp3) is 0.650. The highest BCUT2D eigenvalue weighted by molar-refractivity contribution is 5.95. The second-order valence-corrected chi connectivity index (χ2v) is 7.20. The van der Waals surface area contributed by atoms with E-state index in [0.29, 0.717) is 17.1 Å². The van der Waals surface area contributed by atoms with Gasteiger partial charge in [-0.1, -0.05) is 19.3 Å². The van der Waals surface area contributed by atoms with Crippen LogP contribution >= 0.6 is 0 Å². The minimum atomic E-state index is 0.0644. The number of amides is 1. The van der Waals surface area contributed by atoms with Gasteiger partial charge in [-0.05, 0) is 30.9 Å². The number of benzene rings is 1. The Hall–Kier alpha value is -1.75. The largest absolute Gasteiger partial charge is 0.497 e. The average Bonchev–Trinajstić information content (AvgIpc) is 2.68. The molecule has 1 heterocycles. The van der Waals surface area contributed by atoms with Crippen LogP contribution in [0.3, 0.4) is 0 Å². The molecule has 0 bridgehead atoms. The molecule has 0 spiro atoms. The highest BCUT2D eigenvalue weighted by atomic mass is 16.5. The minimum Gasteiger partial charge on any atom is -0.497 e. The van der Waals surface area contributed by atoms with Crippen LogP contribution in [0.5, 0.6) is 11.5 Å². The molecule has 0 radical (unpaired) electrons. The molecule has 5 nitrogen and oxygen atoms in total. The first kappa shape index (κ1) is 18.1. The lowest BCUT2D eigenvalue weighted by molar-refractivity contribution is 0.0605. The predicted octanol–water partition coefficient (Wildman–Crippen LogP) is 3.04. The predicted molar refractivity (Wildman–Crippen MR) is 98.5 cm³/mol. The molecule has 1 aliphatic heterocycles. The summed E-state index contributed by atoms with van der Waals surface area (Å²) in [6, 6.07) is 5.37. The normalized spacial score (nSPS) is 19.7. The lowest BCUT2D eigenvalue weighted by Gasteiger charge is -2.37. The molecule has 5 heteroatoms. The van der Waals surface area contributed by atoms with E-state index in [1.54, 1.807) is 32.4 Å². The SMILES string of the molecule is COc1cc(OC)cc(C(=O)N2CCN(CC3CCCCC3)CC2)c1. The van der Waals surface area contributed by atoms with Crippen LogP contribution in [0.15, 0.2) is 18.2 Å². The standard InChI is InChI=1S/C20H30N2O3/c1-24-18-12-17(13-19(14-18)25-2)20(23)22-10-8-21(9-11-22)15-16-6-4-3-5-7-16/h12-14,16H,3-11,15H2,1-2H3. The van der Waals surface area contributed by atoms with Crippen molar-refractivity contribution in [3.63, 3.8) is 0 Å². The first-order chi connectivity index (χ1) is 12.2. The lowest BCUT2D eigenvalue weighted by Crippen LogP contribution is -2.49. The van der Waals surface area contributed by atoms with Crippen molar-refractivity contribution in [2.45, 2.75) is 32.1 Å². The third-order valence-corrected chi connectivity index (χ3v) is 5.50. The smallest absolute Gasteiger partial charge is 0.254 e. The van der Waals surface area contributed by atoms with E-state index < -0.39 is 0 Å². The number of carbonyl (C=O) groups is 1. The number of ether oxygens (including phenoxy) is 2. The van der Waals surface area contributed by atoms with E-state index in [1.165, 1.54) is 38.6 Å². The maximum Gasteiger partial charge on any atom is 0.254 e. The average molecular weight is 346 g/mol. The zero-order valence-corrected chi connectivity index (χ0v) is 15.5. The minimum absolute atomic E-state index is 0.0644. The Morgan fingerprint density at radius 2 is 1.56 bits per heavy atom. The molecule has 138 valence electrons. The van der Waals surface area contributed by atoms with Gasteiger partial charge in [-0.3, -0.25) is 9.69 Å². The number of methoxy groups -OCH3 is 2. The summed E-state index contributed by atoms with van der Waals surface area (Å²) in [5, 5.41) is 0. The molecule has 0 atom stereocenters. The van der Waals surface area contributed by atoms with Crippen molar-refractivity contribution in [1.82, 2.24) is 9.80 Å². The highest BCUT2D eigenvalue weighted by Gasteiger charge is 2.25. The van der Waals surface area contributed by atoms with Crippen LogP contribution in [-0.2, 0) is 0 Å². The molecule has 1 aliphatic carbocycles. The third kappa shape index (κ3) is 4.66. The maximum atomic E-state index is 12.8. The van der Waals surface area contributed by atoms with Crippen LogP contribution in [0, 0.1) is 5.92 Å². The summed E-state index contributed by atoms with van der Waals surface area (Å²) in [6.45, 7) is 4.75. The van der Waals surface area contributed by atoms with Crippen molar-refractivity contribution < 1.29 is 14.3 Å². The van der Waals surface area contributed by atoms with Gasteiger partial charge in [0.05, 0.1) is 14.2 Å². The van der Waals surface area contributed by atoms with E-state index in [2.05, 4.69) is 4.90 Å². The van der Waals surface area contributed by atoms with E-state index in [1.807, 2.05) is 4.90 Å². The number of piperazine rings is 1. The monoisotopic (exact) mass is 346 g/mol. The molecule has 0 N–H and O–H groups in total. The molecule has 0 aromatic heterocycles. The topological polar surface area (TPSA) is 42.0 Å². The molecule has 2 aliphatic rings. The summed E-state index contributed by atoms with van der Waals surface area (Å²) in [6.07, 6.45) is 6.94. The van der Waals surface area contributed by atoms with Gasteiger partial charge in [0.2, 0.25) is 0 Å². The summed E-state index contributed by atoms with van der Waals surface area (Å²) < 4.78 is 10.6. The molecule has 1 aromatic carbocycles. The molecule has 0 unspecified atom stereocenters. The second-order valence-electron chi connectivity index (χ2n) is 7.20. The zero-order valence-electron chi connectivity index (χ0n) is 15.5. The van der Waals surface area contributed by atoms with Gasteiger partial charge in [0.15, 0.2) is 0 Å². The number of hydrogen-bond donors (Lipinski definition) is 0. The molecule has 2 fully saturated rings.